The SMILES string of the molecule is CC(C)(C)c1cccc(-c2cc(-c3ccccc3)cc(-c3cccc(C(C)(C)C)c3)c2N2c3cc(-n4c(-c5ccccc5)c5ccccc5c4-c4ccccc4)ccc3B3c4ccc(-n5c(-c6ccccc6)c6ccccc6c5-c5ccccc5)cc4N(c4c(-c5cccc(C(C)(C)C)c5)cc(-c5ccccc5)cc4-c4cccc(C(C)(C)C)c4)c4cc(C(C)(C)C)cc2c43)c1. The monoisotopic (exact) mass is 1690 g/mol. The van der Waals surface area contributed by atoms with Crippen molar-refractivity contribution in [1.29, 1.82) is 0 Å². The molecule has 4 nitrogen and oxygen atoms in total. The van der Waals surface area contributed by atoms with Crippen LogP contribution in [-0.4, -0.2) is 15.8 Å². The van der Waals surface area contributed by atoms with Crippen molar-refractivity contribution in [2.45, 2.75) is 131 Å². The van der Waals surface area contributed by atoms with Crippen LogP contribution in [0.4, 0.5) is 34.1 Å². The number of rotatable bonds is 14. The standard InChI is InChI=1S/C126H111BN4/c1-122(2,3)94-58-38-54-88(70-94)105-74-92(82-42-22-16-23-43-82)75-106(89-55-39-59-95(71-89)123(4,5)6)120(105)130-111-80-99(128-116(84-46-26-18-27-47-84)101-62-34-35-63-102(101)117(128)85-48-28-19-29-49-85)66-68-109(111)127-110-69-67-100(129-118(86-50-30-20-31-51-86)103-64-36-37-65-104(103)119(129)87-52-32-21-33-53-87)81-112(110)131(114-79-98(126(13,14)15)78-113(130)115(114)127)121-107(90-56-40-60-96(72-90)124(7,8)9)76-93(83-44-24-17-25-45-83)77-108(121)91-57-41-61-97(73-91)125(10,11)12/h16-81H,1-15H3. The first-order valence-electron chi connectivity index (χ1n) is 46.6. The molecule has 4 heterocycles. The lowest BCUT2D eigenvalue weighted by atomic mass is 9.33. The second-order valence-corrected chi connectivity index (χ2v) is 41.3. The molecule has 5 heteroatoms. The Hall–Kier alpha value is -14.5. The summed E-state index contributed by atoms with van der Waals surface area (Å²) in [7, 11) is 0. The van der Waals surface area contributed by atoms with Crippen LogP contribution in [0.3, 0.4) is 0 Å². The molecule has 2 aromatic heterocycles. The molecule has 0 unspecified atom stereocenters. The van der Waals surface area contributed by atoms with E-state index in [9.17, 15) is 0 Å². The molecule has 0 aliphatic carbocycles. The highest BCUT2D eigenvalue weighted by Crippen LogP contribution is 2.58. The van der Waals surface area contributed by atoms with Gasteiger partial charge in [-0.3, -0.25) is 0 Å². The first-order valence-corrected chi connectivity index (χ1v) is 46.6. The Morgan fingerprint density at radius 1 is 0.183 bits per heavy atom. The second-order valence-electron chi connectivity index (χ2n) is 41.3. The van der Waals surface area contributed by atoms with Gasteiger partial charge in [0.2, 0.25) is 0 Å². The summed E-state index contributed by atoms with van der Waals surface area (Å²) in [6.07, 6.45) is 0. The predicted molar refractivity (Wildman–Crippen MR) is 562 cm³/mol. The van der Waals surface area contributed by atoms with Crippen molar-refractivity contribution < 1.29 is 0 Å². The Labute approximate surface area is 774 Å². The van der Waals surface area contributed by atoms with Gasteiger partial charge in [-0.25, -0.2) is 0 Å². The van der Waals surface area contributed by atoms with E-state index in [-0.39, 0.29) is 28.4 Å². The van der Waals surface area contributed by atoms with Crippen LogP contribution in [0.15, 0.2) is 400 Å². The number of hydrogen-bond donors (Lipinski definition) is 0. The number of hydrogen-bond acceptors (Lipinski definition) is 2. The van der Waals surface area contributed by atoms with Gasteiger partial charge in [0.15, 0.2) is 0 Å². The van der Waals surface area contributed by atoms with Gasteiger partial charge in [-0.15, -0.1) is 0 Å². The molecule has 131 heavy (non-hydrogen) atoms. The van der Waals surface area contributed by atoms with Crippen molar-refractivity contribution in [2.75, 3.05) is 9.80 Å². The molecule has 0 N–H and O–H groups in total. The van der Waals surface area contributed by atoms with Crippen LogP contribution < -0.4 is 26.2 Å². The lowest BCUT2D eigenvalue weighted by molar-refractivity contribution is 0.590. The Kier molecular flexibility index (Phi) is 20.6. The fourth-order valence-electron chi connectivity index (χ4n) is 20.5. The van der Waals surface area contributed by atoms with E-state index in [1.165, 1.54) is 65.8 Å². The number of aromatic nitrogens is 2. The average molecular weight is 1690 g/mol. The highest BCUT2D eigenvalue weighted by Gasteiger charge is 2.47. The summed E-state index contributed by atoms with van der Waals surface area (Å²) in [5.74, 6) is 0. The van der Waals surface area contributed by atoms with E-state index in [0.717, 1.165) is 157 Å². The largest absolute Gasteiger partial charge is 0.310 e. The fourth-order valence-corrected chi connectivity index (χ4v) is 20.5. The summed E-state index contributed by atoms with van der Waals surface area (Å²) < 4.78 is 5.20. The minimum Gasteiger partial charge on any atom is -0.310 e. The van der Waals surface area contributed by atoms with Crippen LogP contribution in [0.1, 0.15) is 132 Å². The van der Waals surface area contributed by atoms with Gasteiger partial charge in [0.25, 0.3) is 6.71 Å². The third-order valence-corrected chi connectivity index (χ3v) is 27.4. The zero-order chi connectivity index (χ0) is 90.1. The van der Waals surface area contributed by atoms with Gasteiger partial charge in [-0.05, 0) is 199 Å². The summed E-state index contributed by atoms with van der Waals surface area (Å²) in [6, 6.07) is 154. The van der Waals surface area contributed by atoms with Crippen molar-refractivity contribution in [2.24, 2.45) is 0 Å². The molecule has 0 saturated carbocycles. The van der Waals surface area contributed by atoms with Gasteiger partial charge >= 0.3 is 0 Å². The van der Waals surface area contributed by atoms with Crippen molar-refractivity contribution in [3.05, 3.63) is 428 Å². The van der Waals surface area contributed by atoms with E-state index in [1.807, 2.05) is 0 Å². The Morgan fingerprint density at radius 2 is 0.420 bits per heavy atom. The minimum absolute atomic E-state index is 0.193. The molecule has 21 rings (SSSR count). The maximum absolute atomic E-state index is 2.80. The fraction of sp³-hybridized carbons (Fsp3) is 0.159. The summed E-state index contributed by atoms with van der Waals surface area (Å²) >= 11 is 0. The minimum atomic E-state index is -0.445. The van der Waals surface area contributed by atoms with Gasteiger partial charge in [0, 0.05) is 77.9 Å². The molecule has 0 radical (unpaired) electrons. The van der Waals surface area contributed by atoms with E-state index < -0.39 is 5.41 Å². The normalized spacial score (nSPS) is 12.8. The van der Waals surface area contributed by atoms with E-state index in [0.29, 0.717) is 0 Å². The van der Waals surface area contributed by atoms with E-state index in [4.69, 9.17) is 0 Å². The Balaban J connectivity index is 0.988. The smallest absolute Gasteiger partial charge is 0.252 e. The number of benzene rings is 17. The number of fused-ring (bicyclic) bond motifs is 6. The van der Waals surface area contributed by atoms with Crippen molar-refractivity contribution in [3.8, 4) is 123 Å². The van der Waals surface area contributed by atoms with Crippen molar-refractivity contribution in [1.82, 2.24) is 9.13 Å². The van der Waals surface area contributed by atoms with Gasteiger partial charge in [-0.2, -0.15) is 0 Å². The van der Waals surface area contributed by atoms with Crippen molar-refractivity contribution in [3.63, 3.8) is 0 Å². The average Bonchev–Trinajstić information content (AvgIpc) is 0.809. The maximum Gasteiger partial charge on any atom is 0.252 e. The van der Waals surface area contributed by atoms with Crippen LogP contribution in [-0.2, 0) is 27.1 Å². The van der Waals surface area contributed by atoms with Gasteiger partial charge in [0.05, 0.1) is 34.2 Å². The highest BCUT2D eigenvalue weighted by molar-refractivity contribution is 7.00. The lowest BCUT2D eigenvalue weighted by Crippen LogP contribution is -2.61. The molecule has 2 aliphatic rings. The summed E-state index contributed by atoms with van der Waals surface area (Å²) in [4.78, 5) is 5.59. The molecule has 0 fully saturated rings. The number of anilines is 6. The van der Waals surface area contributed by atoms with E-state index in [2.05, 4.69) is 523 Å². The highest BCUT2D eigenvalue weighted by atomic mass is 15.2. The van der Waals surface area contributed by atoms with E-state index >= 15 is 0 Å². The third kappa shape index (κ3) is 14.9. The Morgan fingerprint density at radius 3 is 0.672 bits per heavy atom. The van der Waals surface area contributed by atoms with Crippen LogP contribution in [0.25, 0.3) is 145 Å². The molecule has 0 amide bonds. The van der Waals surface area contributed by atoms with Crippen LogP contribution in [0, 0.1) is 0 Å². The second kappa shape index (κ2) is 32.3. The third-order valence-electron chi connectivity index (χ3n) is 27.4. The summed E-state index contributed by atoms with van der Waals surface area (Å²) in [6.45, 7) is 35.2. The quantitative estimate of drug-likeness (QED) is 0.101. The van der Waals surface area contributed by atoms with Crippen LogP contribution >= 0.6 is 0 Å². The topological polar surface area (TPSA) is 16.3 Å². The molecule has 638 valence electrons. The van der Waals surface area contributed by atoms with Gasteiger partial charge < -0.3 is 18.9 Å². The van der Waals surface area contributed by atoms with Crippen LogP contribution in [0.2, 0.25) is 0 Å². The van der Waals surface area contributed by atoms with Crippen molar-refractivity contribution >= 4 is 78.8 Å². The molecule has 2 aliphatic heterocycles. The maximum atomic E-state index is 2.80. The zero-order valence-corrected chi connectivity index (χ0v) is 78.0. The molecule has 0 saturated heterocycles. The molecular weight excluding hydrogens is 1580 g/mol. The van der Waals surface area contributed by atoms with Crippen LogP contribution in [0.5, 0.6) is 0 Å². The Bertz CT molecular complexity index is 6870. The molecule has 19 aromatic rings. The molecule has 17 aromatic carbocycles. The molecule has 0 atom stereocenters. The summed E-state index contributed by atoms with van der Waals surface area (Å²) in [5.41, 5.74) is 40.0. The zero-order valence-electron chi connectivity index (χ0n) is 78.0. The van der Waals surface area contributed by atoms with Gasteiger partial charge in [0.1, 0.15) is 0 Å². The molecule has 0 spiro atoms. The predicted octanol–water partition coefficient (Wildman–Crippen LogP) is 32.8. The lowest BCUT2D eigenvalue weighted by Gasteiger charge is -2.46. The summed E-state index contributed by atoms with van der Waals surface area (Å²) in [5, 5.41) is 4.72. The first-order chi connectivity index (χ1) is 63.2. The molecule has 0 bridgehead atoms. The van der Waals surface area contributed by atoms with Gasteiger partial charge in [-0.1, -0.05) is 444 Å². The molecular formula is C126H111BN4. The van der Waals surface area contributed by atoms with E-state index in [1.54, 1.807) is 0 Å². The number of nitrogens with zero attached hydrogens (tertiary/aromatic N) is 4. The first kappa shape index (κ1) is 83.4.